The first-order chi connectivity index (χ1) is 14.5. The number of fused-ring (bicyclic) bond motifs is 1. The third-order valence-electron chi connectivity index (χ3n) is 5.88. The largest absolute Gasteiger partial charge is 0.349 e. The summed E-state index contributed by atoms with van der Waals surface area (Å²) in [5.41, 5.74) is 1.71. The average molecular weight is 421 g/mol. The molecule has 0 aliphatic carbocycles. The van der Waals surface area contributed by atoms with Gasteiger partial charge in [0.25, 0.3) is 5.91 Å². The molecule has 1 saturated heterocycles. The third kappa shape index (κ3) is 4.34. The number of piperidine rings is 1. The maximum Gasteiger partial charge on any atom is 0.254 e. The van der Waals surface area contributed by atoms with Crippen molar-refractivity contribution in [2.45, 2.75) is 25.8 Å². The first kappa shape index (κ1) is 20.4. The molecule has 154 valence electrons. The molecule has 1 aliphatic heterocycles. The Morgan fingerprint density at radius 2 is 1.70 bits per heavy atom. The number of amides is 2. The number of hydrogen-bond acceptors (Lipinski definition) is 2. The van der Waals surface area contributed by atoms with Crippen LogP contribution >= 0.6 is 11.6 Å². The molecule has 0 radical (unpaired) electrons. The molecule has 0 bridgehead atoms. The van der Waals surface area contributed by atoms with E-state index in [0.29, 0.717) is 31.0 Å². The first-order valence-corrected chi connectivity index (χ1v) is 10.7. The molecular formula is C25H25ClN2O2. The van der Waals surface area contributed by atoms with E-state index in [-0.39, 0.29) is 23.8 Å². The summed E-state index contributed by atoms with van der Waals surface area (Å²) in [6, 6.07) is 21.2. The maximum atomic E-state index is 13.1. The Morgan fingerprint density at radius 3 is 2.47 bits per heavy atom. The van der Waals surface area contributed by atoms with Gasteiger partial charge in [0.1, 0.15) is 0 Å². The fraction of sp³-hybridized carbons (Fsp3) is 0.280. The molecule has 1 heterocycles. The Hall–Kier alpha value is -2.85. The summed E-state index contributed by atoms with van der Waals surface area (Å²) >= 11 is 6.06. The number of carbonyl (C=O) groups excluding carboxylic acids is 2. The van der Waals surface area contributed by atoms with Gasteiger partial charge in [0.05, 0.1) is 6.04 Å². The number of benzene rings is 3. The molecule has 0 saturated carbocycles. The van der Waals surface area contributed by atoms with Crippen molar-refractivity contribution in [2.24, 2.45) is 5.92 Å². The minimum absolute atomic E-state index is 0.0398. The zero-order valence-electron chi connectivity index (χ0n) is 17.0. The summed E-state index contributed by atoms with van der Waals surface area (Å²) in [6.07, 6.45) is 1.34. The average Bonchev–Trinajstić information content (AvgIpc) is 2.78. The van der Waals surface area contributed by atoms with Crippen molar-refractivity contribution in [3.63, 3.8) is 0 Å². The summed E-state index contributed by atoms with van der Waals surface area (Å²) in [6.45, 7) is 3.14. The molecule has 1 fully saturated rings. The lowest BCUT2D eigenvalue weighted by Crippen LogP contribution is -2.43. The number of carbonyl (C=O) groups is 2. The highest BCUT2D eigenvalue weighted by atomic mass is 35.5. The van der Waals surface area contributed by atoms with E-state index in [1.807, 2.05) is 78.6 Å². The zero-order valence-corrected chi connectivity index (χ0v) is 17.7. The molecule has 2 amide bonds. The monoisotopic (exact) mass is 420 g/mol. The minimum atomic E-state index is -0.105. The van der Waals surface area contributed by atoms with Gasteiger partial charge in [-0.3, -0.25) is 9.59 Å². The second-order valence-electron chi connectivity index (χ2n) is 7.88. The van der Waals surface area contributed by atoms with Gasteiger partial charge in [-0.05, 0) is 54.3 Å². The molecule has 1 aliphatic rings. The van der Waals surface area contributed by atoms with Gasteiger partial charge in [-0.1, -0.05) is 60.1 Å². The van der Waals surface area contributed by atoms with Crippen LogP contribution in [0.25, 0.3) is 10.8 Å². The van der Waals surface area contributed by atoms with E-state index in [2.05, 4.69) is 5.32 Å². The van der Waals surface area contributed by atoms with Crippen molar-refractivity contribution in [1.82, 2.24) is 10.2 Å². The molecule has 3 aromatic rings. The van der Waals surface area contributed by atoms with Gasteiger partial charge in [-0.2, -0.15) is 0 Å². The van der Waals surface area contributed by atoms with E-state index >= 15 is 0 Å². The smallest absolute Gasteiger partial charge is 0.254 e. The predicted octanol–water partition coefficient (Wildman–Crippen LogP) is 5.22. The maximum absolute atomic E-state index is 13.1. The van der Waals surface area contributed by atoms with Gasteiger partial charge in [-0.25, -0.2) is 0 Å². The van der Waals surface area contributed by atoms with Gasteiger partial charge in [0.15, 0.2) is 0 Å². The number of hydrogen-bond donors (Lipinski definition) is 1. The van der Waals surface area contributed by atoms with E-state index in [0.717, 1.165) is 21.9 Å². The summed E-state index contributed by atoms with van der Waals surface area (Å²) in [4.78, 5) is 27.7. The van der Waals surface area contributed by atoms with Crippen molar-refractivity contribution in [2.75, 3.05) is 13.1 Å². The Balaban J connectivity index is 1.37. The van der Waals surface area contributed by atoms with E-state index in [9.17, 15) is 9.59 Å². The van der Waals surface area contributed by atoms with Crippen LogP contribution in [0.2, 0.25) is 5.02 Å². The van der Waals surface area contributed by atoms with Crippen LogP contribution in [-0.2, 0) is 4.79 Å². The van der Waals surface area contributed by atoms with Gasteiger partial charge >= 0.3 is 0 Å². The molecular weight excluding hydrogens is 396 g/mol. The molecule has 0 aromatic heterocycles. The van der Waals surface area contributed by atoms with Gasteiger partial charge < -0.3 is 10.2 Å². The van der Waals surface area contributed by atoms with Gasteiger partial charge in [0.2, 0.25) is 5.91 Å². The Labute approximate surface area is 181 Å². The Morgan fingerprint density at radius 1 is 1.00 bits per heavy atom. The Kier molecular flexibility index (Phi) is 6.05. The molecule has 0 unspecified atom stereocenters. The number of rotatable bonds is 4. The van der Waals surface area contributed by atoms with Crippen LogP contribution in [0.3, 0.4) is 0 Å². The molecule has 5 heteroatoms. The second-order valence-corrected chi connectivity index (χ2v) is 8.31. The standard InChI is InChI=1S/C25H25ClN2O2/c1-17(20-8-4-9-21(26)16-20)27-24(29)19-12-14-28(15-13-19)25(30)23-11-5-7-18-6-2-3-10-22(18)23/h2-11,16-17,19H,12-15H2,1H3,(H,27,29)/t17-/m0/s1. The topological polar surface area (TPSA) is 49.4 Å². The summed E-state index contributed by atoms with van der Waals surface area (Å²) in [5, 5.41) is 5.79. The van der Waals surface area contributed by atoms with Crippen molar-refractivity contribution in [1.29, 1.82) is 0 Å². The second kappa shape index (κ2) is 8.88. The lowest BCUT2D eigenvalue weighted by atomic mass is 9.94. The molecule has 0 spiro atoms. The molecule has 1 N–H and O–H groups in total. The number of nitrogens with zero attached hydrogens (tertiary/aromatic N) is 1. The van der Waals surface area contributed by atoms with Crippen molar-refractivity contribution in [3.8, 4) is 0 Å². The lowest BCUT2D eigenvalue weighted by Gasteiger charge is -2.32. The zero-order chi connectivity index (χ0) is 21.1. The van der Waals surface area contributed by atoms with Crippen LogP contribution < -0.4 is 5.32 Å². The molecule has 1 atom stereocenters. The third-order valence-corrected chi connectivity index (χ3v) is 6.12. The van der Waals surface area contributed by atoms with Crippen LogP contribution in [0.4, 0.5) is 0 Å². The number of halogens is 1. The van der Waals surface area contributed by atoms with Gasteiger partial charge in [0, 0.05) is 29.6 Å². The number of likely N-dealkylation sites (tertiary alicyclic amines) is 1. The van der Waals surface area contributed by atoms with Crippen LogP contribution in [-0.4, -0.2) is 29.8 Å². The first-order valence-electron chi connectivity index (χ1n) is 10.4. The van der Waals surface area contributed by atoms with Crippen molar-refractivity contribution >= 4 is 34.2 Å². The normalized spacial score (nSPS) is 15.7. The lowest BCUT2D eigenvalue weighted by molar-refractivity contribution is -0.126. The van der Waals surface area contributed by atoms with Crippen LogP contribution in [0.15, 0.2) is 66.7 Å². The fourth-order valence-corrected chi connectivity index (χ4v) is 4.32. The van der Waals surface area contributed by atoms with Crippen molar-refractivity contribution < 1.29 is 9.59 Å². The van der Waals surface area contributed by atoms with E-state index in [1.165, 1.54) is 0 Å². The molecule has 3 aromatic carbocycles. The highest BCUT2D eigenvalue weighted by molar-refractivity contribution is 6.30. The van der Waals surface area contributed by atoms with Crippen LogP contribution in [0.5, 0.6) is 0 Å². The van der Waals surface area contributed by atoms with E-state index in [1.54, 1.807) is 0 Å². The fourth-order valence-electron chi connectivity index (χ4n) is 4.12. The summed E-state index contributed by atoms with van der Waals surface area (Å²) in [5.74, 6) is 0.000825. The van der Waals surface area contributed by atoms with E-state index < -0.39 is 0 Å². The Bertz CT molecular complexity index is 1070. The minimum Gasteiger partial charge on any atom is -0.349 e. The highest BCUT2D eigenvalue weighted by Gasteiger charge is 2.29. The van der Waals surface area contributed by atoms with Gasteiger partial charge in [-0.15, -0.1) is 0 Å². The molecule has 4 rings (SSSR count). The summed E-state index contributed by atoms with van der Waals surface area (Å²) in [7, 11) is 0. The van der Waals surface area contributed by atoms with Crippen LogP contribution in [0, 0.1) is 5.92 Å². The molecule has 30 heavy (non-hydrogen) atoms. The van der Waals surface area contributed by atoms with Crippen molar-refractivity contribution in [3.05, 3.63) is 82.9 Å². The predicted molar refractivity (Wildman–Crippen MR) is 121 cm³/mol. The highest BCUT2D eigenvalue weighted by Crippen LogP contribution is 2.25. The van der Waals surface area contributed by atoms with E-state index in [4.69, 9.17) is 11.6 Å². The molecule has 4 nitrogen and oxygen atoms in total. The quantitative estimate of drug-likeness (QED) is 0.628. The summed E-state index contributed by atoms with van der Waals surface area (Å²) < 4.78 is 0. The number of nitrogens with one attached hydrogen (secondary N) is 1. The SMILES string of the molecule is C[C@H](NC(=O)C1CCN(C(=O)c2cccc3ccccc23)CC1)c1cccc(Cl)c1. The van der Waals surface area contributed by atoms with Crippen LogP contribution in [0.1, 0.15) is 41.7 Å².